The van der Waals surface area contributed by atoms with Crippen LogP contribution < -0.4 is 5.32 Å². The molecule has 4 nitrogen and oxygen atoms in total. The molecule has 0 aliphatic heterocycles. The van der Waals surface area contributed by atoms with Crippen LogP contribution in [0.25, 0.3) is 11.0 Å². The Morgan fingerprint density at radius 3 is 3.00 bits per heavy atom. The van der Waals surface area contributed by atoms with Gasteiger partial charge in [0.25, 0.3) is 0 Å². The summed E-state index contributed by atoms with van der Waals surface area (Å²) in [6, 6.07) is 11.1. The number of para-hydroxylation sites is 2. The highest BCUT2D eigenvalue weighted by Crippen LogP contribution is 2.19. The molecule has 1 aliphatic carbocycles. The van der Waals surface area contributed by atoms with Gasteiger partial charge in [0.15, 0.2) is 0 Å². The summed E-state index contributed by atoms with van der Waals surface area (Å²) in [7, 11) is 0. The quantitative estimate of drug-likeness (QED) is 0.804. The van der Waals surface area contributed by atoms with Gasteiger partial charge in [-0.1, -0.05) is 12.1 Å². The van der Waals surface area contributed by atoms with E-state index in [0.717, 1.165) is 42.4 Å². The van der Waals surface area contributed by atoms with Crippen molar-refractivity contribution < 1.29 is 0 Å². The molecule has 0 spiro atoms. The number of nitriles is 1. The van der Waals surface area contributed by atoms with Crippen LogP contribution in [0, 0.1) is 11.3 Å². The van der Waals surface area contributed by atoms with Crippen molar-refractivity contribution in [2.75, 3.05) is 6.54 Å². The van der Waals surface area contributed by atoms with Crippen molar-refractivity contribution >= 4 is 11.0 Å². The molecule has 19 heavy (non-hydrogen) atoms. The molecule has 0 bridgehead atoms. The fraction of sp³-hybridized carbons (Fsp3) is 0.467. The van der Waals surface area contributed by atoms with Gasteiger partial charge in [0, 0.05) is 12.6 Å². The van der Waals surface area contributed by atoms with Crippen molar-refractivity contribution in [3.05, 3.63) is 30.1 Å². The van der Waals surface area contributed by atoms with Gasteiger partial charge >= 0.3 is 0 Å². The number of aromatic nitrogens is 2. The second kappa shape index (κ2) is 5.41. The van der Waals surface area contributed by atoms with Crippen LogP contribution in [0.4, 0.5) is 0 Å². The van der Waals surface area contributed by atoms with E-state index in [2.05, 4.69) is 27.0 Å². The monoisotopic (exact) mass is 254 g/mol. The summed E-state index contributed by atoms with van der Waals surface area (Å²) < 4.78 is 2.19. The number of fused-ring (bicyclic) bond motifs is 1. The minimum Gasteiger partial charge on any atom is -0.327 e. The molecule has 1 aromatic heterocycles. The molecule has 98 valence electrons. The van der Waals surface area contributed by atoms with Gasteiger partial charge in [-0.15, -0.1) is 0 Å². The SMILES string of the molecule is N#CCc1nc2ccccc2n1CCCNC1CC1. The van der Waals surface area contributed by atoms with Gasteiger partial charge in [-0.25, -0.2) is 4.98 Å². The van der Waals surface area contributed by atoms with Crippen molar-refractivity contribution in [2.24, 2.45) is 0 Å². The van der Waals surface area contributed by atoms with Crippen LogP contribution in [0.2, 0.25) is 0 Å². The van der Waals surface area contributed by atoms with E-state index >= 15 is 0 Å². The first-order chi connectivity index (χ1) is 9.38. The normalized spacial score (nSPS) is 14.7. The zero-order valence-corrected chi connectivity index (χ0v) is 11.0. The first-order valence-electron chi connectivity index (χ1n) is 6.93. The van der Waals surface area contributed by atoms with E-state index in [4.69, 9.17) is 5.26 Å². The van der Waals surface area contributed by atoms with Gasteiger partial charge in [0.2, 0.25) is 0 Å². The number of nitrogens with one attached hydrogen (secondary N) is 1. The van der Waals surface area contributed by atoms with Crippen LogP contribution >= 0.6 is 0 Å². The molecule has 0 radical (unpaired) electrons. The van der Waals surface area contributed by atoms with Crippen molar-refractivity contribution in [1.82, 2.24) is 14.9 Å². The molecule has 0 atom stereocenters. The maximum absolute atomic E-state index is 8.91. The number of nitrogens with zero attached hydrogens (tertiary/aromatic N) is 3. The molecule has 1 fully saturated rings. The Morgan fingerprint density at radius 2 is 2.21 bits per heavy atom. The van der Waals surface area contributed by atoms with Gasteiger partial charge in [-0.05, 0) is 37.9 Å². The van der Waals surface area contributed by atoms with Crippen LogP contribution in [-0.4, -0.2) is 22.1 Å². The number of hydrogen-bond donors (Lipinski definition) is 1. The lowest BCUT2D eigenvalue weighted by atomic mass is 10.3. The number of aryl methyl sites for hydroxylation is 1. The van der Waals surface area contributed by atoms with Crippen molar-refractivity contribution in [1.29, 1.82) is 5.26 Å². The molecule has 3 rings (SSSR count). The van der Waals surface area contributed by atoms with Crippen LogP contribution in [0.5, 0.6) is 0 Å². The Morgan fingerprint density at radius 1 is 1.37 bits per heavy atom. The third-order valence-corrected chi connectivity index (χ3v) is 3.54. The Kier molecular flexibility index (Phi) is 3.47. The predicted molar refractivity (Wildman–Crippen MR) is 74.7 cm³/mol. The average molecular weight is 254 g/mol. The molecule has 4 heteroatoms. The lowest BCUT2D eigenvalue weighted by molar-refractivity contribution is 0.576. The molecule has 0 amide bonds. The summed E-state index contributed by atoms with van der Waals surface area (Å²) in [5.74, 6) is 0.884. The molecule has 1 aromatic carbocycles. The number of rotatable bonds is 6. The summed E-state index contributed by atoms with van der Waals surface area (Å²) in [5.41, 5.74) is 2.13. The van der Waals surface area contributed by atoms with Gasteiger partial charge in [-0.2, -0.15) is 5.26 Å². The number of hydrogen-bond acceptors (Lipinski definition) is 3. The Bertz CT molecular complexity index is 604. The largest absolute Gasteiger partial charge is 0.327 e. The topological polar surface area (TPSA) is 53.6 Å². The molecule has 1 heterocycles. The lowest BCUT2D eigenvalue weighted by Gasteiger charge is -2.08. The van der Waals surface area contributed by atoms with Crippen molar-refractivity contribution in [3.63, 3.8) is 0 Å². The summed E-state index contributed by atoms with van der Waals surface area (Å²) in [4.78, 5) is 4.55. The summed E-state index contributed by atoms with van der Waals surface area (Å²) >= 11 is 0. The van der Waals surface area contributed by atoms with E-state index in [9.17, 15) is 0 Å². The van der Waals surface area contributed by atoms with Crippen LogP contribution in [-0.2, 0) is 13.0 Å². The molecule has 0 saturated heterocycles. The standard InChI is InChI=1S/C15H18N4/c16-9-8-15-18-13-4-1-2-5-14(13)19(15)11-3-10-17-12-6-7-12/h1-2,4-5,12,17H,3,6-8,10-11H2. The molecule has 1 aliphatic rings. The second-order valence-electron chi connectivity index (χ2n) is 5.09. The van der Waals surface area contributed by atoms with Crippen LogP contribution in [0.1, 0.15) is 25.1 Å². The summed E-state index contributed by atoms with van der Waals surface area (Å²) in [6.07, 6.45) is 4.11. The minimum atomic E-state index is 0.380. The first-order valence-corrected chi connectivity index (χ1v) is 6.93. The van der Waals surface area contributed by atoms with Gasteiger partial charge in [0.05, 0.1) is 23.5 Å². The third kappa shape index (κ3) is 2.77. The van der Waals surface area contributed by atoms with Gasteiger partial charge in [-0.3, -0.25) is 0 Å². The highest BCUT2D eigenvalue weighted by Gasteiger charge is 2.19. The maximum atomic E-state index is 8.91. The predicted octanol–water partition coefficient (Wildman–Crippen LogP) is 2.24. The first kappa shape index (κ1) is 12.2. The molecule has 1 N–H and O–H groups in total. The summed E-state index contributed by atoms with van der Waals surface area (Å²) in [6.45, 7) is 1.97. The van der Waals surface area contributed by atoms with Crippen LogP contribution in [0.3, 0.4) is 0 Å². The Labute approximate surface area is 113 Å². The van der Waals surface area contributed by atoms with E-state index in [1.165, 1.54) is 12.8 Å². The molecule has 2 aromatic rings. The number of imidazole rings is 1. The Hall–Kier alpha value is -1.86. The van der Waals surface area contributed by atoms with E-state index in [0.29, 0.717) is 6.42 Å². The average Bonchev–Trinajstić information content (AvgIpc) is 3.18. The maximum Gasteiger partial charge on any atom is 0.124 e. The lowest BCUT2D eigenvalue weighted by Crippen LogP contribution is -2.19. The smallest absolute Gasteiger partial charge is 0.124 e. The third-order valence-electron chi connectivity index (χ3n) is 3.54. The Balaban J connectivity index is 1.74. The molecule has 0 unspecified atom stereocenters. The zero-order valence-electron chi connectivity index (χ0n) is 11.0. The van der Waals surface area contributed by atoms with Crippen LogP contribution in [0.15, 0.2) is 24.3 Å². The zero-order chi connectivity index (χ0) is 13.1. The fourth-order valence-electron chi connectivity index (χ4n) is 2.41. The highest BCUT2D eigenvalue weighted by atomic mass is 15.1. The molecular formula is C15H18N4. The second-order valence-corrected chi connectivity index (χ2v) is 5.09. The van der Waals surface area contributed by atoms with E-state index < -0.39 is 0 Å². The highest BCUT2D eigenvalue weighted by molar-refractivity contribution is 5.75. The minimum absolute atomic E-state index is 0.380. The van der Waals surface area contributed by atoms with Gasteiger partial charge < -0.3 is 9.88 Å². The number of benzene rings is 1. The van der Waals surface area contributed by atoms with Gasteiger partial charge in [0.1, 0.15) is 5.82 Å². The van der Waals surface area contributed by atoms with E-state index in [1.807, 2.05) is 18.2 Å². The van der Waals surface area contributed by atoms with Crippen molar-refractivity contribution in [2.45, 2.75) is 38.3 Å². The summed E-state index contributed by atoms with van der Waals surface area (Å²) in [5, 5.41) is 12.4. The fourth-order valence-corrected chi connectivity index (χ4v) is 2.41. The molecule has 1 saturated carbocycles. The van der Waals surface area contributed by atoms with Crippen molar-refractivity contribution in [3.8, 4) is 6.07 Å². The van der Waals surface area contributed by atoms with E-state index in [-0.39, 0.29) is 0 Å². The van der Waals surface area contributed by atoms with E-state index in [1.54, 1.807) is 0 Å². The molecular weight excluding hydrogens is 236 g/mol.